The molecule has 0 bridgehead atoms. The van der Waals surface area contributed by atoms with Gasteiger partial charge in [-0.3, -0.25) is 18.1 Å². The highest BCUT2D eigenvalue weighted by Crippen LogP contribution is 2.58. The molecule has 4 saturated heterocycles. The van der Waals surface area contributed by atoms with Gasteiger partial charge in [0.25, 0.3) is 0 Å². The van der Waals surface area contributed by atoms with Gasteiger partial charge in [0, 0.05) is 24.0 Å². The van der Waals surface area contributed by atoms with Crippen LogP contribution in [0.25, 0.3) is 11.2 Å². The molecule has 3 aromatic rings. The van der Waals surface area contributed by atoms with Crippen LogP contribution >= 0.6 is 19.4 Å². The van der Waals surface area contributed by atoms with Gasteiger partial charge in [-0.2, -0.15) is 9.97 Å². The topological polar surface area (TPSA) is 178 Å². The fourth-order valence-corrected chi connectivity index (χ4v) is 7.32. The number of anilines is 1. The van der Waals surface area contributed by atoms with Gasteiger partial charge in [0.15, 0.2) is 29.1 Å². The molecule has 17 heteroatoms. The summed E-state index contributed by atoms with van der Waals surface area (Å²) in [5, 5.41) is 0.525. The van der Waals surface area contributed by atoms with E-state index in [1.165, 1.54) is 6.33 Å². The number of nitrogens with two attached hydrogens (primary N) is 1. The van der Waals surface area contributed by atoms with E-state index in [1.807, 2.05) is 6.07 Å². The van der Waals surface area contributed by atoms with Gasteiger partial charge >= 0.3 is 14.0 Å². The molecule has 7 atom stereocenters. The molecule has 0 amide bonds. The Bertz CT molecular complexity index is 1590. The van der Waals surface area contributed by atoms with Crippen LogP contribution in [0.2, 0.25) is 5.02 Å². The first kappa shape index (κ1) is 28.7. The summed E-state index contributed by atoms with van der Waals surface area (Å²) >= 11 is 6.12. The number of phosphoric ester groups is 1. The molecule has 2 N–H and O–H groups in total. The number of rotatable bonds is 8. The molecule has 6 heterocycles. The molecule has 4 fully saturated rings. The van der Waals surface area contributed by atoms with Crippen molar-refractivity contribution in [2.24, 2.45) is 5.92 Å². The summed E-state index contributed by atoms with van der Waals surface area (Å²) in [4.78, 5) is 25.4. The fraction of sp³-hybridized carbons (Fsp3) is 0.538. The van der Waals surface area contributed by atoms with Gasteiger partial charge in [-0.25, -0.2) is 14.3 Å². The standard InChI is InChI=1S/C26H29ClN5O10P/c1-26-20(40-25(33)41-26)18(12-38-43(34)37-8-6-17(42-43)15-3-2-4-16(27)9-15)39-23(26)32-13-29-19-21(32)30-24(28)31-22(19)36-11-14-5-7-35-10-14/h2-4,9,13-14,17-18,20,23H,5-8,10-12H2,1H3,(H2,28,30,31)/t14?,17-,18+,20+,23+,26+,43+/m0/s1. The Morgan fingerprint density at radius 1 is 1.23 bits per heavy atom. The van der Waals surface area contributed by atoms with Crippen molar-refractivity contribution in [3.8, 4) is 5.88 Å². The van der Waals surface area contributed by atoms with Crippen molar-refractivity contribution < 1.29 is 46.6 Å². The molecule has 1 unspecified atom stereocenters. The molecule has 0 spiro atoms. The van der Waals surface area contributed by atoms with E-state index in [1.54, 1.807) is 29.7 Å². The van der Waals surface area contributed by atoms with Gasteiger partial charge < -0.3 is 29.4 Å². The van der Waals surface area contributed by atoms with Crippen molar-refractivity contribution in [3.63, 3.8) is 0 Å². The Morgan fingerprint density at radius 3 is 2.93 bits per heavy atom. The van der Waals surface area contributed by atoms with Crippen LogP contribution in [0.15, 0.2) is 30.6 Å². The number of imidazole rings is 1. The van der Waals surface area contributed by atoms with Crippen LogP contribution in [0.4, 0.5) is 10.7 Å². The monoisotopic (exact) mass is 637 g/mol. The van der Waals surface area contributed by atoms with E-state index in [9.17, 15) is 9.36 Å². The molecule has 2 aromatic heterocycles. The van der Waals surface area contributed by atoms with Crippen molar-refractivity contribution in [2.75, 3.05) is 38.8 Å². The number of nitrogens with zero attached hydrogens (tertiary/aromatic N) is 4. The lowest BCUT2D eigenvalue weighted by molar-refractivity contribution is -0.0925. The molecular weight excluding hydrogens is 609 g/mol. The lowest BCUT2D eigenvalue weighted by atomic mass is 9.96. The Hall–Kier alpha value is -3.04. The third-order valence-electron chi connectivity index (χ3n) is 7.87. The molecule has 7 rings (SSSR count). The minimum absolute atomic E-state index is 0.0369. The number of benzene rings is 1. The molecule has 0 radical (unpaired) electrons. The Labute approximate surface area is 250 Å². The highest BCUT2D eigenvalue weighted by molar-refractivity contribution is 7.48. The lowest BCUT2D eigenvalue weighted by Gasteiger charge is -2.30. The minimum Gasteiger partial charge on any atom is -0.476 e. The zero-order chi connectivity index (χ0) is 29.8. The van der Waals surface area contributed by atoms with E-state index in [0.29, 0.717) is 42.4 Å². The van der Waals surface area contributed by atoms with Crippen LogP contribution in [0, 0.1) is 5.92 Å². The molecular formula is C26H29ClN5O10P. The van der Waals surface area contributed by atoms with Crippen molar-refractivity contribution in [1.82, 2.24) is 19.5 Å². The quantitative estimate of drug-likeness (QED) is 0.277. The third-order valence-corrected chi connectivity index (χ3v) is 9.58. The zero-order valence-electron chi connectivity index (χ0n) is 23.0. The summed E-state index contributed by atoms with van der Waals surface area (Å²) in [7, 11) is -4.01. The summed E-state index contributed by atoms with van der Waals surface area (Å²) in [6.07, 6.45) is -1.44. The summed E-state index contributed by atoms with van der Waals surface area (Å²) in [6.45, 7) is 3.17. The van der Waals surface area contributed by atoms with E-state index >= 15 is 0 Å². The first-order valence-corrected chi connectivity index (χ1v) is 15.6. The highest BCUT2D eigenvalue weighted by atomic mass is 35.5. The third kappa shape index (κ3) is 5.43. The smallest absolute Gasteiger partial charge is 0.476 e. The van der Waals surface area contributed by atoms with E-state index in [-0.39, 0.29) is 31.0 Å². The summed E-state index contributed by atoms with van der Waals surface area (Å²) in [5.74, 6) is 0.406. The molecule has 15 nitrogen and oxygen atoms in total. The van der Waals surface area contributed by atoms with E-state index < -0.39 is 44.1 Å². The number of halogens is 1. The summed E-state index contributed by atoms with van der Waals surface area (Å²) < 4.78 is 60.7. The number of fused-ring (bicyclic) bond motifs is 2. The molecule has 43 heavy (non-hydrogen) atoms. The number of phosphoric acid groups is 1. The molecule has 0 aliphatic carbocycles. The SMILES string of the molecule is C[C@@]12OC(=O)O[C@@H]1[C@@H](CO[P@@]1(=O)OCC[C@@H](c3cccc(Cl)c3)O1)O[C@H]2n1cnc2c(OCC3CCOC3)nc(N)nc21. The van der Waals surface area contributed by atoms with Crippen LogP contribution in [-0.4, -0.2) is 76.5 Å². The Morgan fingerprint density at radius 2 is 2.12 bits per heavy atom. The minimum atomic E-state index is -4.01. The van der Waals surface area contributed by atoms with Crippen LogP contribution < -0.4 is 10.5 Å². The number of hydrogen-bond acceptors (Lipinski definition) is 14. The van der Waals surface area contributed by atoms with Crippen molar-refractivity contribution in [2.45, 2.75) is 49.9 Å². The number of aromatic nitrogens is 4. The second-order valence-corrected chi connectivity index (χ2v) is 12.9. The van der Waals surface area contributed by atoms with Gasteiger partial charge in [-0.15, -0.1) is 0 Å². The highest BCUT2D eigenvalue weighted by Gasteiger charge is 2.64. The number of carbonyl (C=O) groups excluding carboxylic acids is 1. The largest absolute Gasteiger partial charge is 0.509 e. The van der Waals surface area contributed by atoms with Gasteiger partial charge in [-0.1, -0.05) is 23.7 Å². The zero-order valence-corrected chi connectivity index (χ0v) is 24.6. The van der Waals surface area contributed by atoms with Crippen LogP contribution in [0.1, 0.15) is 37.7 Å². The maximum Gasteiger partial charge on any atom is 0.509 e. The second kappa shape index (κ2) is 11.1. The normalized spacial score (nSPS) is 33.8. The Balaban J connectivity index is 1.11. The number of hydrogen-bond donors (Lipinski definition) is 1. The van der Waals surface area contributed by atoms with Gasteiger partial charge in [0.05, 0.1) is 38.9 Å². The number of carbonyl (C=O) groups is 1. The maximum atomic E-state index is 13.4. The first-order valence-electron chi connectivity index (χ1n) is 13.8. The van der Waals surface area contributed by atoms with Crippen molar-refractivity contribution in [3.05, 3.63) is 41.2 Å². The van der Waals surface area contributed by atoms with Crippen molar-refractivity contribution >= 4 is 42.7 Å². The van der Waals surface area contributed by atoms with E-state index in [2.05, 4.69) is 15.0 Å². The summed E-state index contributed by atoms with van der Waals surface area (Å²) in [6, 6.07) is 7.07. The lowest BCUT2D eigenvalue weighted by Crippen LogP contribution is -2.42. The second-order valence-electron chi connectivity index (χ2n) is 10.9. The maximum absolute atomic E-state index is 13.4. The fourth-order valence-electron chi connectivity index (χ4n) is 5.73. The van der Waals surface area contributed by atoms with Gasteiger partial charge in [0.1, 0.15) is 6.10 Å². The Kier molecular flexibility index (Phi) is 7.45. The van der Waals surface area contributed by atoms with Gasteiger partial charge in [0.2, 0.25) is 11.8 Å². The van der Waals surface area contributed by atoms with Crippen LogP contribution in [0.5, 0.6) is 5.88 Å². The van der Waals surface area contributed by atoms with Crippen molar-refractivity contribution in [1.29, 1.82) is 0 Å². The van der Waals surface area contributed by atoms with Gasteiger partial charge in [-0.05, 0) is 31.0 Å². The molecule has 4 aliphatic heterocycles. The van der Waals surface area contributed by atoms with Crippen LogP contribution in [-0.2, 0) is 37.1 Å². The molecule has 0 saturated carbocycles. The number of nitrogen functional groups attached to an aromatic ring is 1. The average molecular weight is 638 g/mol. The van der Waals surface area contributed by atoms with Crippen LogP contribution in [0.3, 0.4) is 0 Å². The predicted octanol–water partition coefficient (Wildman–Crippen LogP) is 3.97. The summed E-state index contributed by atoms with van der Waals surface area (Å²) in [5.41, 5.74) is 6.10. The molecule has 4 aliphatic rings. The molecule has 1 aromatic carbocycles. The number of ether oxygens (including phenoxy) is 5. The molecule has 230 valence electrons. The van der Waals surface area contributed by atoms with E-state index in [0.717, 1.165) is 12.0 Å². The average Bonchev–Trinajstić information content (AvgIpc) is 3.75. The first-order chi connectivity index (χ1) is 20.7. The predicted molar refractivity (Wildman–Crippen MR) is 147 cm³/mol. The van der Waals surface area contributed by atoms with E-state index in [4.69, 9.17) is 54.6 Å².